The monoisotopic (exact) mass is 427 g/mol. The van der Waals surface area contributed by atoms with Gasteiger partial charge < -0.3 is 19.3 Å². The van der Waals surface area contributed by atoms with Gasteiger partial charge in [-0.1, -0.05) is 0 Å². The van der Waals surface area contributed by atoms with Gasteiger partial charge in [0.25, 0.3) is 0 Å². The number of hydrogen-bond donors (Lipinski definition) is 0. The molecule has 31 heavy (non-hydrogen) atoms. The van der Waals surface area contributed by atoms with Crippen LogP contribution in [0.25, 0.3) is 0 Å². The molecule has 1 aliphatic heterocycles. The van der Waals surface area contributed by atoms with Crippen molar-refractivity contribution in [2.45, 2.75) is 31.7 Å². The summed E-state index contributed by atoms with van der Waals surface area (Å²) in [6, 6.07) is 9.29. The van der Waals surface area contributed by atoms with Gasteiger partial charge in [0, 0.05) is 37.1 Å². The summed E-state index contributed by atoms with van der Waals surface area (Å²) in [5.74, 6) is 1.16. The fourth-order valence-corrected chi connectivity index (χ4v) is 4.35. The maximum atomic E-state index is 13.3. The van der Waals surface area contributed by atoms with Crippen molar-refractivity contribution in [1.29, 1.82) is 0 Å². The van der Waals surface area contributed by atoms with Crippen molar-refractivity contribution in [3.05, 3.63) is 48.4 Å². The van der Waals surface area contributed by atoms with Crippen molar-refractivity contribution >= 4 is 18.2 Å². The van der Waals surface area contributed by atoms with Crippen molar-refractivity contribution < 1.29 is 23.5 Å². The number of hydrogen-bond acceptors (Lipinski definition) is 5. The molecule has 1 saturated heterocycles. The zero-order valence-electron chi connectivity index (χ0n) is 17.4. The third kappa shape index (κ3) is 4.95. The van der Waals surface area contributed by atoms with Crippen LogP contribution in [-0.2, 0) is 4.79 Å². The molecule has 2 fully saturated rings. The van der Waals surface area contributed by atoms with Crippen molar-refractivity contribution in [2.24, 2.45) is 11.8 Å². The number of methoxy groups -OCH3 is 1. The maximum absolute atomic E-state index is 13.3. The second-order valence-corrected chi connectivity index (χ2v) is 8.04. The molecule has 2 amide bonds. The third-order valence-electron chi connectivity index (χ3n) is 6.07. The lowest BCUT2D eigenvalue weighted by Gasteiger charge is -2.40. The van der Waals surface area contributed by atoms with Crippen LogP contribution in [0.2, 0.25) is 0 Å². The molecule has 1 aliphatic carbocycles. The Morgan fingerprint density at radius 1 is 1.16 bits per heavy atom. The number of aromatic nitrogens is 1. The Kier molecular flexibility index (Phi) is 6.34. The Hall–Kier alpha value is -3.16. The van der Waals surface area contributed by atoms with Gasteiger partial charge in [0.2, 0.25) is 12.3 Å². The summed E-state index contributed by atoms with van der Waals surface area (Å²) in [6.07, 6.45) is 5.71. The van der Waals surface area contributed by atoms with Gasteiger partial charge in [-0.25, -0.2) is 14.2 Å². The van der Waals surface area contributed by atoms with E-state index in [0.717, 1.165) is 32.1 Å². The highest BCUT2D eigenvalue weighted by Crippen LogP contribution is 2.42. The number of carbonyl (C=O) groups excluding carboxylic acids is 2. The van der Waals surface area contributed by atoms with Crippen LogP contribution in [0.1, 0.15) is 25.7 Å². The fraction of sp³-hybridized carbons (Fsp3) is 0.435. The number of likely N-dealkylation sites (tertiary alicyclic amines) is 1. The lowest BCUT2D eigenvalue weighted by atomic mass is 9.85. The van der Waals surface area contributed by atoms with Crippen LogP contribution < -0.4 is 14.4 Å². The molecule has 164 valence electrons. The highest BCUT2D eigenvalue weighted by atomic mass is 19.1. The van der Waals surface area contributed by atoms with Crippen LogP contribution >= 0.6 is 0 Å². The van der Waals surface area contributed by atoms with E-state index in [-0.39, 0.29) is 17.8 Å². The van der Waals surface area contributed by atoms with Crippen molar-refractivity contribution in [3.63, 3.8) is 0 Å². The maximum Gasteiger partial charge on any atom is 0.415 e. The highest BCUT2D eigenvalue weighted by Gasteiger charge is 2.42. The number of ether oxygens (including phenoxy) is 2. The molecule has 1 atom stereocenters. The summed E-state index contributed by atoms with van der Waals surface area (Å²) in [5, 5.41) is 0. The molecule has 0 spiro atoms. The van der Waals surface area contributed by atoms with E-state index in [1.165, 1.54) is 25.4 Å². The normalized spacial score (nSPS) is 17.7. The van der Waals surface area contributed by atoms with E-state index >= 15 is 0 Å². The second kappa shape index (κ2) is 9.32. The Balaban J connectivity index is 1.39. The summed E-state index contributed by atoms with van der Waals surface area (Å²) < 4.78 is 23.9. The SMILES string of the molecule is COc1cc(OC(=O)N2CCC(C(C3CC3)N(C=O)c3ccc(F)cc3)CC2)ccn1. The van der Waals surface area contributed by atoms with Gasteiger partial charge in [-0.2, -0.15) is 0 Å². The van der Waals surface area contributed by atoms with E-state index in [9.17, 15) is 14.0 Å². The summed E-state index contributed by atoms with van der Waals surface area (Å²) in [4.78, 5) is 32.0. The number of amides is 2. The van der Waals surface area contributed by atoms with Crippen LogP contribution in [0, 0.1) is 17.7 Å². The average molecular weight is 427 g/mol. The van der Waals surface area contributed by atoms with E-state index < -0.39 is 6.09 Å². The van der Waals surface area contributed by atoms with E-state index in [1.807, 2.05) is 0 Å². The molecule has 1 aromatic carbocycles. The first kappa shape index (κ1) is 21.1. The van der Waals surface area contributed by atoms with Gasteiger partial charge in [-0.15, -0.1) is 0 Å². The van der Waals surface area contributed by atoms with E-state index in [0.29, 0.717) is 36.3 Å². The minimum Gasteiger partial charge on any atom is -0.481 e. The zero-order chi connectivity index (χ0) is 21.8. The Morgan fingerprint density at radius 2 is 1.84 bits per heavy atom. The zero-order valence-corrected chi connectivity index (χ0v) is 17.4. The van der Waals surface area contributed by atoms with Crippen molar-refractivity contribution in [2.75, 3.05) is 25.1 Å². The number of halogens is 1. The van der Waals surface area contributed by atoms with Crippen LogP contribution in [0.15, 0.2) is 42.6 Å². The topological polar surface area (TPSA) is 72.0 Å². The van der Waals surface area contributed by atoms with Crippen molar-refractivity contribution in [3.8, 4) is 11.6 Å². The molecular weight excluding hydrogens is 401 g/mol. The average Bonchev–Trinajstić information content (AvgIpc) is 3.63. The van der Waals surface area contributed by atoms with E-state index in [4.69, 9.17) is 9.47 Å². The molecule has 2 aromatic rings. The molecule has 0 bridgehead atoms. The lowest BCUT2D eigenvalue weighted by molar-refractivity contribution is -0.108. The molecule has 7 nitrogen and oxygen atoms in total. The standard InChI is InChI=1S/C23H26FN3O4/c1-30-21-14-20(8-11-25-21)31-23(29)26-12-9-17(10-13-26)22(16-2-3-16)27(15-28)19-6-4-18(24)5-7-19/h4-8,11,14-17,22H,2-3,9-10,12-13H2,1H3. The fourth-order valence-electron chi connectivity index (χ4n) is 4.35. The summed E-state index contributed by atoms with van der Waals surface area (Å²) in [6.45, 7) is 1.12. The molecular formula is C23H26FN3O4. The molecule has 0 radical (unpaired) electrons. The number of rotatable bonds is 7. The van der Waals surface area contributed by atoms with E-state index in [1.54, 1.807) is 34.1 Å². The van der Waals surface area contributed by atoms with Crippen LogP contribution in [0.4, 0.5) is 14.9 Å². The summed E-state index contributed by atoms with van der Waals surface area (Å²) in [5.41, 5.74) is 0.710. The molecule has 8 heteroatoms. The van der Waals surface area contributed by atoms with Gasteiger partial charge in [0.1, 0.15) is 11.6 Å². The van der Waals surface area contributed by atoms with E-state index in [2.05, 4.69) is 4.98 Å². The van der Waals surface area contributed by atoms with Crippen LogP contribution in [-0.4, -0.2) is 48.6 Å². The van der Waals surface area contributed by atoms with Gasteiger partial charge in [0.05, 0.1) is 7.11 Å². The number of piperidine rings is 1. The summed E-state index contributed by atoms with van der Waals surface area (Å²) in [7, 11) is 1.50. The number of nitrogens with zero attached hydrogens (tertiary/aromatic N) is 3. The molecule has 2 aliphatic rings. The van der Waals surface area contributed by atoms with Crippen molar-refractivity contribution in [1.82, 2.24) is 9.88 Å². The lowest BCUT2D eigenvalue weighted by Crippen LogP contribution is -2.48. The van der Waals surface area contributed by atoms with Gasteiger partial charge >= 0.3 is 6.09 Å². The van der Waals surface area contributed by atoms with Crippen LogP contribution in [0.5, 0.6) is 11.6 Å². The molecule has 1 saturated carbocycles. The second-order valence-electron chi connectivity index (χ2n) is 8.04. The smallest absolute Gasteiger partial charge is 0.415 e. The number of pyridine rings is 1. The number of benzene rings is 1. The summed E-state index contributed by atoms with van der Waals surface area (Å²) >= 11 is 0. The number of anilines is 1. The van der Waals surface area contributed by atoms with Gasteiger partial charge in [-0.05, 0) is 67.9 Å². The highest BCUT2D eigenvalue weighted by molar-refractivity contribution is 5.76. The molecule has 4 rings (SSSR count). The quantitative estimate of drug-likeness (QED) is 0.627. The minimum atomic E-state index is -0.402. The Morgan fingerprint density at radius 3 is 2.45 bits per heavy atom. The first-order valence-electron chi connectivity index (χ1n) is 10.5. The third-order valence-corrected chi connectivity index (χ3v) is 6.07. The molecule has 0 N–H and O–H groups in total. The predicted octanol–water partition coefficient (Wildman–Crippen LogP) is 3.88. The van der Waals surface area contributed by atoms with Gasteiger partial charge in [0.15, 0.2) is 0 Å². The first-order valence-corrected chi connectivity index (χ1v) is 10.5. The predicted molar refractivity (Wildman–Crippen MR) is 113 cm³/mol. The number of carbonyl (C=O) groups is 2. The molecule has 2 heterocycles. The minimum absolute atomic E-state index is 0.0607. The molecule has 1 unspecified atom stereocenters. The van der Waals surface area contributed by atoms with Gasteiger partial charge in [-0.3, -0.25) is 4.79 Å². The van der Waals surface area contributed by atoms with Crippen LogP contribution in [0.3, 0.4) is 0 Å². The first-order chi connectivity index (χ1) is 15.1. The Bertz CT molecular complexity index is 911. The largest absolute Gasteiger partial charge is 0.481 e. The molecule has 1 aromatic heterocycles. The Labute approximate surface area is 180 Å².